The minimum absolute atomic E-state index is 0.432. The summed E-state index contributed by atoms with van der Waals surface area (Å²) in [7, 11) is 0. The molecule has 1 aromatic carbocycles. The van der Waals surface area contributed by atoms with Gasteiger partial charge in [0.15, 0.2) is 6.10 Å². The molecule has 0 aliphatic heterocycles. The lowest BCUT2D eigenvalue weighted by atomic mass is 10.1. The van der Waals surface area contributed by atoms with Crippen molar-refractivity contribution in [2.24, 2.45) is 0 Å². The molecule has 0 radical (unpaired) electrons. The number of carbonyl (C=O) groups is 1. The molecule has 1 heterocycles. The van der Waals surface area contributed by atoms with Gasteiger partial charge in [-0.1, -0.05) is 11.6 Å². The van der Waals surface area contributed by atoms with Gasteiger partial charge in [0.05, 0.1) is 5.69 Å². The minimum Gasteiger partial charge on any atom is -0.479 e. The van der Waals surface area contributed by atoms with Gasteiger partial charge in [-0.3, -0.25) is 5.10 Å². The first kappa shape index (κ1) is 12.4. The number of hydrogen-bond donors (Lipinski definition) is 2. The van der Waals surface area contributed by atoms with Crippen LogP contribution in [-0.2, 0) is 4.79 Å². The monoisotopic (exact) mass is 266 g/mol. The molecule has 1 atom stereocenters. The molecule has 6 heteroatoms. The van der Waals surface area contributed by atoms with E-state index in [1.54, 1.807) is 30.5 Å². The second-order valence-corrected chi connectivity index (χ2v) is 4.13. The molecule has 0 unspecified atom stereocenters. The zero-order valence-corrected chi connectivity index (χ0v) is 10.3. The highest BCUT2D eigenvalue weighted by Crippen LogP contribution is 2.31. The Morgan fingerprint density at radius 1 is 1.50 bits per heavy atom. The fourth-order valence-electron chi connectivity index (χ4n) is 1.46. The first-order chi connectivity index (χ1) is 8.58. The third-order valence-corrected chi connectivity index (χ3v) is 2.60. The highest BCUT2D eigenvalue weighted by atomic mass is 35.5. The van der Waals surface area contributed by atoms with Crippen LogP contribution in [0.2, 0.25) is 5.02 Å². The summed E-state index contributed by atoms with van der Waals surface area (Å²) in [5.41, 5.74) is 1.29. The summed E-state index contributed by atoms with van der Waals surface area (Å²) in [6.07, 6.45) is 0.726. The average molecular weight is 267 g/mol. The smallest absolute Gasteiger partial charge is 0.344 e. The predicted octanol–water partition coefficient (Wildman–Crippen LogP) is 2.58. The number of nitrogens with one attached hydrogen (secondary N) is 1. The molecule has 18 heavy (non-hydrogen) atoms. The van der Waals surface area contributed by atoms with E-state index in [1.807, 2.05) is 0 Å². The molecule has 0 spiro atoms. The van der Waals surface area contributed by atoms with E-state index in [0.29, 0.717) is 22.0 Å². The number of aromatic nitrogens is 2. The van der Waals surface area contributed by atoms with Crippen LogP contribution in [0.25, 0.3) is 11.3 Å². The molecule has 0 aliphatic carbocycles. The van der Waals surface area contributed by atoms with Crippen molar-refractivity contribution < 1.29 is 14.6 Å². The molecular formula is C12H11ClN2O3. The summed E-state index contributed by atoms with van der Waals surface area (Å²) in [6.45, 7) is 1.46. The second-order valence-electron chi connectivity index (χ2n) is 3.70. The Morgan fingerprint density at radius 3 is 2.89 bits per heavy atom. The van der Waals surface area contributed by atoms with Crippen molar-refractivity contribution in [3.8, 4) is 17.0 Å². The van der Waals surface area contributed by atoms with Gasteiger partial charge in [0, 0.05) is 16.8 Å². The highest BCUT2D eigenvalue weighted by molar-refractivity contribution is 6.30. The van der Waals surface area contributed by atoms with Gasteiger partial charge in [0.2, 0.25) is 0 Å². The summed E-state index contributed by atoms with van der Waals surface area (Å²) in [6, 6.07) is 6.71. The molecule has 0 saturated heterocycles. The number of carboxylic acids is 1. The number of aliphatic carboxylic acids is 1. The van der Waals surface area contributed by atoms with Gasteiger partial charge in [0.25, 0.3) is 0 Å². The molecular weight excluding hydrogens is 256 g/mol. The Bertz CT molecular complexity index is 554. The van der Waals surface area contributed by atoms with Crippen molar-refractivity contribution in [3.05, 3.63) is 35.5 Å². The zero-order chi connectivity index (χ0) is 13.1. The maximum atomic E-state index is 10.8. The number of halogens is 1. The Hall–Kier alpha value is -2.01. The number of benzene rings is 1. The Balaban J connectivity index is 2.38. The molecule has 1 aromatic heterocycles. The van der Waals surface area contributed by atoms with E-state index in [-0.39, 0.29) is 0 Å². The molecule has 0 bridgehead atoms. The van der Waals surface area contributed by atoms with Crippen LogP contribution in [0.3, 0.4) is 0 Å². The number of carboxylic acid groups (broad SMARTS) is 1. The number of aromatic amines is 1. The molecule has 0 aliphatic rings. The lowest BCUT2D eigenvalue weighted by Gasteiger charge is -2.13. The maximum absolute atomic E-state index is 10.8. The molecule has 2 aromatic rings. The van der Waals surface area contributed by atoms with Gasteiger partial charge in [-0.15, -0.1) is 0 Å². The summed E-state index contributed by atoms with van der Waals surface area (Å²) >= 11 is 5.92. The Kier molecular flexibility index (Phi) is 3.53. The van der Waals surface area contributed by atoms with Gasteiger partial charge >= 0.3 is 5.97 Å². The number of H-pyrrole nitrogens is 1. The molecule has 2 N–H and O–H groups in total. The summed E-state index contributed by atoms with van der Waals surface area (Å²) < 4.78 is 5.37. The van der Waals surface area contributed by atoms with Gasteiger partial charge in [0.1, 0.15) is 5.75 Å². The van der Waals surface area contributed by atoms with Gasteiger partial charge in [-0.05, 0) is 31.2 Å². The molecule has 94 valence electrons. The molecule has 0 fully saturated rings. The van der Waals surface area contributed by atoms with E-state index < -0.39 is 12.1 Å². The Morgan fingerprint density at radius 2 is 2.28 bits per heavy atom. The molecule has 5 nitrogen and oxygen atoms in total. The van der Waals surface area contributed by atoms with Crippen LogP contribution in [0, 0.1) is 0 Å². The second kappa shape index (κ2) is 5.10. The topological polar surface area (TPSA) is 75.2 Å². The van der Waals surface area contributed by atoms with E-state index in [9.17, 15) is 4.79 Å². The first-order valence-corrected chi connectivity index (χ1v) is 5.65. The van der Waals surface area contributed by atoms with Crippen molar-refractivity contribution in [3.63, 3.8) is 0 Å². The fourth-order valence-corrected chi connectivity index (χ4v) is 1.63. The fraction of sp³-hybridized carbons (Fsp3) is 0.167. The van der Waals surface area contributed by atoms with Crippen LogP contribution in [0.4, 0.5) is 0 Å². The van der Waals surface area contributed by atoms with Crippen LogP contribution in [0.15, 0.2) is 30.5 Å². The molecule has 0 saturated carbocycles. The largest absolute Gasteiger partial charge is 0.479 e. The van der Waals surface area contributed by atoms with Crippen LogP contribution >= 0.6 is 11.6 Å². The van der Waals surface area contributed by atoms with Crippen molar-refractivity contribution >= 4 is 17.6 Å². The van der Waals surface area contributed by atoms with Gasteiger partial charge in [-0.2, -0.15) is 5.10 Å². The van der Waals surface area contributed by atoms with Crippen LogP contribution in [0.1, 0.15) is 6.92 Å². The van der Waals surface area contributed by atoms with Crippen molar-refractivity contribution in [1.29, 1.82) is 0 Å². The summed E-state index contributed by atoms with van der Waals surface area (Å²) in [5, 5.41) is 16.1. The van der Waals surface area contributed by atoms with E-state index >= 15 is 0 Å². The third kappa shape index (κ3) is 2.62. The molecule has 2 rings (SSSR count). The van der Waals surface area contributed by atoms with Crippen LogP contribution < -0.4 is 4.74 Å². The van der Waals surface area contributed by atoms with E-state index in [0.717, 1.165) is 0 Å². The van der Waals surface area contributed by atoms with Crippen molar-refractivity contribution in [2.75, 3.05) is 0 Å². The van der Waals surface area contributed by atoms with Crippen molar-refractivity contribution in [1.82, 2.24) is 10.2 Å². The highest BCUT2D eigenvalue weighted by Gasteiger charge is 2.16. The summed E-state index contributed by atoms with van der Waals surface area (Å²) in [5.74, 6) is -0.598. The zero-order valence-electron chi connectivity index (χ0n) is 9.55. The Labute approximate surface area is 108 Å². The van der Waals surface area contributed by atoms with Crippen molar-refractivity contribution in [2.45, 2.75) is 13.0 Å². The SMILES string of the molecule is C[C@H](Oc1ccc(Cl)cc1-c1cc[nH]n1)C(=O)O. The van der Waals surface area contributed by atoms with E-state index in [1.165, 1.54) is 6.92 Å². The lowest BCUT2D eigenvalue weighted by Crippen LogP contribution is -2.23. The maximum Gasteiger partial charge on any atom is 0.344 e. The number of hydrogen-bond acceptors (Lipinski definition) is 3. The molecule has 0 amide bonds. The average Bonchev–Trinajstić information content (AvgIpc) is 2.84. The quantitative estimate of drug-likeness (QED) is 0.892. The third-order valence-electron chi connectivity index (χ3n) is 2.37. The van der Waals surface area contributed by atoms with Gasteiger partial charge in [-0.25, -0.2) is 4.79 Å². The van der Waals surface area contributed by atoms with E-state index in [4.69, 9.17) is 21.4 Å². The van der Waals surface area contributed by atoms with E-state index in [2.05, 4.69) is 10.2 Å². The number of rotatable bonds is 4. The first-order valence-electron chi connectivity index (χ1n) is 5.27. The van der Waals surface area contributed by atoms with Crippen LogP contribution in [-0.4, -0.2) is 27.4 Å². The summed E-state index contributed by atoms with van der Waals surface area (Å²) in [4.78, 5) is 10.8. The normalized spacial score (nSPS) is 12.1. The predicted molar refractivity (Wildman–Crippen MR) is 66.8 cm³/mol. The standard InChI is InChI=1S/C12H11ClN2O3/c1-7(12(16)17)18-11-3-2-8(13)6-9(11)10-4-5-14-15-10/h2-7H,1H3,(H,14,15)(H,16,17)/t7-/m0/s1. The minimum atomic E-state index is -1.03. The van der Waals surface area contributed by atoms with Gasteiger partial charge < -0.3 is 9.84 Å². The van der Waals surface area contributed by atoms with Crippen LogP contribution in [0.5, 0.6) is 5.75 Å². The number of nitrogens with zero attached hydrogens (tertiary/aromatic N) is 1. The lowest BCUT2D eigenvalue weighted by molar-refractivity contribution is -0.144. The number of ether oxygens (including phenoxy) is 1.